The number of carbonyl (C=O) groups excluding carboxylic acids is 1. The third kappa shape index (κ3) is 3.52. The van der Waals surface area contributed by atoms with Crippen molar-refractivity contribution in [3.8, 4) is 0 Å². The summed E-state index contributed by atoms with van der Waals surface area (Å²) in [6.07, 6.45) is 8.35. The van der Waals surface area contributed by atoms with E-state index in [9.17, 15) is 9.18 Å². The van der Waals surface area contributed by atoms with Crippen LogP contribution in [0, 0.1) is 5.82 Å². The Morgan fingerprint density at radius 2 is 1.65 bits per heavy atom. The van der Waals surface area contributed by atoms with Crippen molar-refractivity contribution < 1.29 is 9.18 Å². The maximum atomic E-state index is 13.4. The zero-order chi connectivity index (χ0) is 18.0. The van der Waals surface area contributed by atoms with Crippen molar-refractivity contribution in [3.63, 3.8) is 0 Å². The van der Waals surface area contributed by atoms with E-state index in [1.54, 1.807) is 12.1 Å². The van der Waals surface area contributed by atoms with E-state index in [2.05, 4.69) is 15.1 Å². The Kier molecular flexibility index (Phi) is 5.28. The molecule has 3 aliphatic rings. The largest absolute Gasteiger partial charge is 0.353 e. The minimum atomic E-state index is -0.302. The van der Waals surface area contributed by atoms with E-state index in [1.165, 1.54) is 57.3 Å². The van der Waals surface area contributed by atoms with Crippen LogP contribution in [0.15, 0.2) is 24.3 Å². The molecule has 26 heavy (non-hydrogen) atoms. The van der Waals surface area contributed by atoms with Gasteiger partial charge in [0.1, 0.15) is 11.9 Å². The van der Waals surface area contributed by atoms with Crippen LogP contribution in [0.25, 0.3) is 0 Å². The number of hydrogen-bond acceptors (Lipinski definition) is 3. The summed E-state index contributed by atoms with van der Waals surface area (Å²) in [4.78, 5) is 18.0. The topological polar surface area (TPSA) is 35.6 Å². The summed E-state index contributed by atoms with van der Waals surface area (Å²) in [6.45, 7) is 4.96. The Labute approximate surface area is 155 Å². The summed E-state index contributed by atoms with van der Waals surface area (Å²) < 4.78 is 13.4. The normalized spacial score (nSPS) is 24.3. The van der Waals surface area contributed by atoms with Gasteiger partial charge in [-0.2, -0.15) is 0 Å². The Morgan fingerprint density at radius 3 is 2.31 bits per heavy atom. The molecule has 4 rings (SSSR count). The van der Waals surface area contributed by atoms with E-state index >= 15 is 0 Å². The fraction of sp³-hybridized carbons (Fsp3) is 0.667. The van der Waals surface area contributed by atoms with Crippen LogP contribution in [-0.2, 0) is 4.79 Å². The molecule has 0 spiro atoms. The van der Waals surface area contributed by atoms with Gasteiger partial charge < -0.3 is 5.32 Å². The van der Waals surface area contributed by atoms with E-state index in [1.807, 2.05) is 0 Å². The molecule has 1 atom stereocenters. The van der Waals surface area contributed by atoms with Crippen molar-refractivity contribution in [3.05, 3.63) is 35.6 Å². The van der Waals surface area contributed by atoms with Crippen LogP contribution in [0.3, 0.4) is 0 Å². The van der Waals surface area contributed by atoms with Gasteiger partial charge in [0.2, 0.25) is 5.91 Å². The smallest absolute Gasteiger partial charge is 0.242 e. The second kappa shape index (κ2) is 7.65. The van der Waals surface area contributed by atoms with Crippen LogP contribution >= 0.6 is 0 Å². The van der Waals surface area contributed by atoms with Crippen molar-refractivity contribution in [1.29, 1.82) is 0 Å². The molecule has 1 aromatic carbocycles. The summed E-state index contributed by atoms with van der Waals surface area (Å²) in [5.74, 6) is -0.176. The van der Waals surface area contributed by atoms with Gasteiger partial charge in [-0.3, -0.25) is 14.6 Å². The molecule has 5 heteroatoms. The quantitative estimate of drug-likeness (QED) is 0.877. The standard InChI is InChI=1S/C21H30FN3O/c22-18-8-6-17(7-9-18)19(24-12-2-1-3-13-24)20(26)23-16-21-10-4-14-25(21)15-5-11-21/h6-9,19H,1-5,10-16H2,(H,23,26). The van der Waals surface area contributed by atoms with Crippen molar-refractivity contribution >= 4 is 5.91 Å². The molecule has 0 aromatic heterocycles. The Bertz CT molecular complexity index is 617. The van der Waals surface area contributed by atoms with Gasteiger partial charge >= 0.3 is 0 Å². The maximum absolute atomic E-state index is 13.4. The van der Waals surface area contributed by atoms with Gasteiger partial charge in [-0.25, -0.2) is 4.39 Å². The van der Waals surface area contributed by atoms with Gasteiger partial charge in [0, 0.05) is 12.1 Å². The second-order valence-corrected chi connectivity index (χ2v) is 8.19. The number of hydrogen-bond donors (Lipinski definition) is 1. The molecular weight excluding hydrogens is 329 g/mol. The molecule has 3 saturated heterocycles. The molecule has 1 unspecified atom stereocenters. The molecule has 3 heterocycles. The van der Waals surface area contributed by atoms with E-state index in [0.29, 0.717) is 0 Å². The molecule has 142 valence electrons. The van der Waals surface area contributed by atoms with Crippen LogP contribution in [0.4, 0.5) is 4.39 Å². The lowest BCUT2D eigenvalue weighted by molar-refractivity contribution is -0.127. The van der Waals surface area contributed by atoms with Gasteiger partial charge in [0.15, 0.2) is 0 Å². The number of nitrogens with one attached hydrogen (secondary N) is 1. The minimum absolute atomic E-state index is 0.0756. The van der Waals surface area contributed by atoms with Crippen molar-refractivity contribution in [1.82, 2.24) is 15.1 Å². The third-order valence-corrected chi connectivity index (χ3v) is 6.59. The van der Waals surface area contributed by atoms with Crippen LogP contribution in [0.5, 0.6) is 0 Å². The first-order chi connectivity index (χ1) is 12.7. The number of benzene rings is 1. The van der Waals surface area contributed by atoms with E-state index in [0.717, 1.165) is 38.0 Å². The maximum Gasteiger partial charge on any atom is 0.242 e. The van der Waals surface area contributed by atoms with Crippen LogP contribution in [-0.4, -0.2) is 54.0 Å². The average molecular weight is 359 g/mol. The van der Waals surface area contributed by atoms with Gasteiger partial charge in [-0.1, -0.05) is 18.6 Å². The number of piperidine rings is 1. The average Bonchev–Trinajstić information content (AvgIpc) is 3.23. The van der Waals surface area contributed by atoms with Gasteiger partial charge in [0.05, 0.1) is 0 Å². The third-order valence-electron chi connectivity index (χ3n) is 6.59. The fourth-order valence-electron chi connectivity index (χ4n) is 5.21. The lowest BCUT2D eigenvalue weighted by atomic mass is 9.93. The highest BCUT2D eigenvalue weighted by Crippen LogP contribution is 2.38. The summed E-state index contributed by atoms with van der Waals surface area (Å²) in [5.41, 5.74) is 1.09. The fourth-order valence-corrected chi connectivity index (χ4v) is 5.21. The van der Waals surface area contributed by atoms with Crippen LogP contribution in [0.1, 0.15) is 56.6 Å². The van der Waals surface area contributed by atoms with Crippen LogP contribution in [0.2, 0.25) is 0 Å². The number of rotatable bonds is 5. The Hall–Kier alpha value is -1.46. The van der Waals surface area contributed by atoms with Crippen molar-refractivity contribution in [2.45, 2.75) is 56.5 Å². The van der Waals surface area contributed by atoms with Crippen molar-refractivity contribution in [2.24, 2.45) is 0 Å². The first-order valence-electron chi connectivity index (χ1n) is 10.2. The number of halogens is 1. The van der Waals surface area contributed by atoms with E-state index < -0.39 is 0 Å². The summed E-state index contributed by atoms with van der Waals surface area (Å²) >= 11 is 0. The zero-order valence-corrected chi connectivity index (χ0v) is 15.6. The highest BCUT2D eigenvalue weighted by atomic mass is 19.1. The van der Waals surface area contributed by atoms with Gasteiger partial charge in [-0.05, 0) is 82.4 Å². The zero-order valence-electron chi connectivity index (χ0n) is 15.6. The minimum Gasteiger partial charge on any atom is -0.353 e. The number of nitrogens with zero attached hydrogens (tertiary/aromatic N) is 2. The first kappa shape index (κ1) is 17.9. The van der Waals surface area contributed by atoms with Crippen LogP contribution < -0.4 is 5.32 Å². The van der Waals surface area contributed by atoms with E-state index in [-0.39, 0.29) is 23.3 Å². The molecule has 3 fully saturated rings. The number of amides is 1. The van der Waals surface area contributed by atoms with Crippen molar-refractivity contribution in [2.75, 3.05) is 32.7 Å². The molecule has 0 saturated carbocycles. The lowest BCUT2D eigenvalue weighted by Crippen LogP contribution is -2.51. The highest BCUT2D eigenvalue weighted by molar-refractivity contribution is 5.83. The molecule has 1 N–H and O–H groups in total. The Morgan fingerprint density at radius 1 is 1.00 bits per heavy atom. The SMILES string of the molecule is O=C(NCC12CCCN1CCC2)C(c1ccc(F)cc1)N1CCCCC1. The van der Waals surface area contributed by atoms with Gasteiger partial charge in [0.25, 0.3) is 0 Å². The molecule has 1 aromatic rings. The Balaban J connectivity index is 1.49. The second-order valence-electron chi connectivity index (χ2n) is 8.19. The molecule has 0 aliphatic carbocycles. The van der Waals surface area contributed by atoms with E-state index in [4.69, 9.17) is 0 Å². The summed E-state index contributed by atoms with van der Waals surface area (Å²) in [7, 11) is 0. The molecule has 0 bridgehead atoms. The highest BCUT2D eigenvalue weighted by Gasteiger charge is 2.44. The molecule has 1 amide bonds. The summed E-state index contributed by atoms with van der Waals surface area (Å²) in [6, 6.07) is 6.17. The summed E-state index contributed by atoms with van der Waals surface area (Å²) in [5, 5.41) is 3.28. The number of likely N-dealkylation sites (tertiary alicyclic amines) is 1. The number of fused-ring (bicyclic) bond motifs is 1. The van der Waals surface area contributed by atoms with Gasteiger partial charge in [-0.15, -0.1) is 0 Å². The lowest BCUT2D eigenvalue weighted by Gasteiger charge is -2.36. The monoisotopic (exact) mass is 359 g/mol. The first-order valence-corrected chi connectivity index (χ1v) is 10.2. The predicted molar refractivity (Wildman–Crippen MR) is 100 cm³/mol. The molecule has 4 nitrogen and oxygen atoms in total. The molecule has 0 radical (unpaired) electrons. The predicted octanol–water partition coefficient (Wildman–Crippen LogP) is 3.10. The molecule has 3 aliphatic heterocycles. The molecular formula is C21H30FN3O. The number of carbonyl (C=O) groups is 1.